The van der Waals surface area contributed by atoms with Crippen molar-refractivity contribution in [2.24, 2.45) is 0 Å². The second-order valence-electron chi connectivity index (χ2n) is 7.06. The fourth-order valence-electron chi connectivity index (χ4n) is 3.13. The van der Waals surface area contributed by atoms with Crippen LogP contribution in [0.15, 0.2) is 18.2 Å². The molecule has 1 saturated carbocycles. The van der Waals surface area contributed by atoms with E-state index in [-0.39, 0.29) is 29.3 Å². The van der Waals surface area contributed by atoms with Crippen LogP contribution in [0.2, 0.25) is 0 Å². The number of carbonyl (C=O) groups excluding carboxylic acids is 3. The summed E-state index contributed by atoms with van der Waals surface area (Å²) in [7, 11) is 0. The van der Waals surface area contributed by atoms with Gasteiger partial charge < -0.3 is 5.32 Å². The number of fused-ring (bicyclic) bond motifs is 1. The Hall–Kier alpha value is -2.17. The van der Waals surface area contributed by atoms with E-state index in [9.17, 15) is 14.4 Å². The quantitative estimate of drug-likeness (QED) is 0.850. The third-order valence-corrected chi connectivity index (χ3v) is 4.42. The van der Waals surface area contributed by atoms with E-state index in [2.05, 4.69) is 12.2 Å². The van der Waals surface area contributed by atoms with Crippen LogP contribution in [0.1, 0.15) is 77.5 Å². The number of hydrogen-bond donors (Lipinski definition) is 1. The normalized spacial score (nSPS) is 17.4. The van der Waals surface area contributed by atoms with E-state index in [1.54, 1.807) is 18.2 Å². The molecule has 0 atom stereocenters. The van der Waals surface area contributed by atoms with Crippen LogP contribution in [-0.2, 0) is 0 Å². The lowest BCUT2D eigenvalue weighted by Crippen LogP contribution is -2.43. The molecule has 0 spiro atoms. The van der Waals surface area contributed by atoms with Crippen LogP contribution in [0.3, 0.4) is 0 Å². The summed E-state index contributed by atoms with van der Waals surface area (Å²) in [6, 6.07) is 4.82. The molecule has 0 aromatic heterocycles. The molecule has 1 aromatic carbocycles. The van der Waals surface area contributed by atoms with Crippen molar-refractivity contribution in [3.05, 3.63) is 34.9 Å². The van der Waals surface area contributed by atoms with Crippen molar-refractivity contribution in [3.8, 4) is 0 Å². The average molecular weight is 314 g/mol. The fraction of sp³-hybridized carbons (Fsp3) is 0.500. The number of amides is 3. The number of nitrogens with zero attached hydrogens (tertiary/aromatic N) is 1. The predicted octanol–water partition coefficient (Wildman–Crippen LogP) is 2.75. The van der Waals surface area contributed by atoms with Crippen molar-refractivity contribution in [2.45, 2.75) is 58.0 Å². The molecule has 0 radical (unpaired) electrons. The highest BCUT2D eigenvalue weighted by Crippen LogP contribution is 2.34. The Morgan fingerprint density at radius 2 is 1.87 bits per heavy atom. The molecule has 3 amide bonds. The van der Waals surface area contributed by atoms with Gasteiger partial charge in [0.25, 0.3) is 17.7 Å². The first-order chi connectivity index (χ1) is 10.8. The average Bonchev–Trinajstić information content (AvgIpc) is 3.27. The molecule has 5 heteroatoms. The fourth-order valence-corrected chi connectivity index (χ4v) is 3.13. The number of benzene rings is 1. The highest BCUT2D eigenvalue weighted by atomic mass is 16.2. The number of nitrogens with one attached hydrogen (secondary N) is 1. The van der Waals surface area contributed by atoms with Gasteiger partial charge in [0.1, 0.15) is 0 Å². The van der Waals surface area contributed by atoms with Crippen LogP contribution in [-0.4, -0.2) is 34.2 Å². The van der Waals surface area contributed by atoms with E-state index in [0.717, 1.165) is 25.7 Å². The second-order valence-corrected chi connectivity index (χ2v) is 7.06. The van der Waals surface area contributed by atoms with Gasteiger partial charge in [-0.05, 0) is 51.3 Å². The molecular formula is C18H22N2O3. The van der Waals surface area contributed by atoms with Crippen LogP contribution in [0.5, 0.6) is 0 Å². The minimum Gasteiger partial charge on any atom is -0.347 e. The lowest BCUT2D eigenvalue weighted by Gasteiger charge is -2.25. The van der Waals surface area contributed by atoms with Crippen molar-refractivity contribution >= 4 is 17.7 Å². The number of imide groups is 1. The van der Waals surface area contributed by atoms with E-state index in [0.29, 0.717) is 16.7 Å². The maximum atomic E-state index is 12.4. The molecule has 1 fully saturated rings. The van der Waals surface area contributed by atoms with Crippen LogP contribution in [0.25, 0.3) is 0 Å². The van der Waals surface area contributed by atoms with Crippen LogP contribution in [0, 0.1) is 0 Å². The number of rotatable bonds is 5. The SMILES string of the molecule is CCCC(C)(C)NC(=O)c1ccc2c(c1)C(=O)N(C1CC1)C2=O. The van der Waals surface area contributed by atoms with Gasteiger partial charge in [-0.15, -0.1) is 0 Å². The summed E-state index contributed by atoms with van der Waals surface area (Å²) in [6.07, 6.45) is 3.60. The van der Waals surface area contributed by atoms with Gasteiger partial charge in [-0.25, -0.2) is 0 Å². The van der Waals surface area contributed by atoms with Crippen molar-refractivity contribution in [1.82, 2.24) is 10.2 Å². The summed E-state index contributed by atoms with van der Waals surface area (Å²) in [4.78, 5) is 38.5. The van der Waals surface area contributed by atoms with Crippen molar-refractivity contribution < 1.29 is 14.4 Å². The van der Waals surface area contributed by atoms with Crippen LogP contribution < -0.4 is 5.32 Å². The molecule has 1 heterocycles. The van der Waals surface area contributed by atoms with E-state index in [4.69, 9.17) is 0 Å². The molecule has 1 aromatic rings. The smallest absolute Gasteiger partial charge is 0.261 e. The molecule has 1 aliphatic carbocycles. The van der Waals surface area contributed by atoms with Gasteiger partial charge in [0.15, 0.2) is 0 Å². The van der Waals surface area contributed by atoms with Crippen LogP contribution >= 0.6 is 0 Å². The van der Waals surface area contributed by atoms with Gasteiger partial charge in [-0.1, -0.05) is 13.3 Å². The first kappa shape index (κ1) is 15.7. The zero-order valence-electron chi connectivity index (χ0n) is 13.8. The predicted molar refractivity (Wildman–Crippen MR) is 86.4 cm³/mol. The molecule has 23 heavy (non-hydrogen) atoms. The Morgan fingerprint density at radius 3 is 2.48 bits per heavy atom. The largest absolute Gasteiger partial charge is 0.347 e. The minimum absolute atomic E-state index is 0.0446. The molecular weight excluding hydrogens is 292 g/mol. The summed E-state index contributed by atoms with van der Waals surface area (Å²) in [6.45, 7) is 6.02. The first-order valence-corrected chi connectivity index (χ1v) is 8.18. The summed E-state index contributed by atoms with van der Waals surface area (Å²) >= 11 is 0. The zero-order valence-corrected chi connectivity index (χ0v) is 13.8. The van der Waals surface area contributed by atoms with Crippen molar-refractivity contribution in [1.29, 1.82) is 0 Å². The molecule has 5 nitrogen and oxygen atoms in total. The molecule has 0 bridgehead atoms. The standard InChI is InChI=1S/C18H22N2O3/c1-4-9-18(2,3)19-15(21)11-5-8-13-14(10-11)17(23)20(16(13)22)12-6-7-12/h5,8,10,12H,4,6-7,9H2,1-3H3,(H,19,21). The molecule has 1 aliphatic heterocycles. The third kappa shape index (κ3) is 2.87. The van der Waals surface area contributed by atoms with E-state index >= 15 is 0 Å². The summed E-state index contributed by atoms with van der Waals surface area (Å²) in [5.41, 5.74) is 0.880. The topological polar surface area (TPSA) is 66.5 Å². The van der Waals surface area contributed by atoms with Gasteiger partial charge in [-0.3, -0.25) is 19.3 Å². The Kier molecular flexibility index (Phi) is 3.74. The lowest BCUT2D eigenvalue weighted by atomic mass is 9.97. The van der Waals surface area contributed by atoms with Gasteiger partial charge >= 0.3 is 0 Å². The monoisotopic (exact) mass is 314 g/mol. The van der Waals surface area contributed by atoms with Gasteiger partial charge in [0.2, 0.25) is 0 Å². The molecule has 1 N–H and O–H groups in total. The molecule has 0 unspecified atom stereocenters. The summed E-state index contributed by atoms with van der Waals surface area (Å²) in [5, 5.41) is 2.99. The van der Waals surface area contributed by atoms with E-state index in [1.807, 2.05) is 13.8 Å². The van der Waals surface area contributed by atoms with Gasteiger partial charge in [0, 0.05) is 17.1 Å². The summed E-state index contributed by atoms with van der Waals surface area (Å²) in [5.74, 6) is -0.711. The van der Waals surface area contributed by atoms with Gasteiger partial charge in [0.05, 0.1) is 11.1 Å². The maximum absolute atomic E-state index is 12.4. The Labute approximate surface area is 136 Å². The number of hydrogen-bond acceptors (Lipinski definition) is 3. The molecule has 3 rings (SSSR count). The van der Waals surface area contributed by atoms with Crippen LogP contribution in [0.4, 0.5) is 0 Å². The van der Waals surface area contributed by atoms with Crippen molar-refractivity contribution in [3.63, 3.8) is 0 Å². The molecule has 122 valence electrons. The number of carbonyl (C=O) groups is 3. The maximum Gasteiger partial charge on any atom is 0.261 e. The lowest BCUT2D eigenvalue weighted by molar-refractivity contribution is 0.0642. The molecule has 0 saturated heterocycles. The van der Waals surface area contributed by atoms with E-state index < -0.39 is 0 Å². The van der Waals surface area contributed by atoms with E-state index in [1.165, 1.54) is 4.90 Å². The minimum atomic E-state index is -0.301. The Bertz CT molecular complexity index is 690. The highest BCUT2D eigenvalue weighted by molar-refractivity contribution is 6.22. The summed E-state index contributed by atoms with van der Waals surface area (Å²) < 4.78 is 0. The molecule has 2 aliphatic rings. The first-order valence-electron chi connectivity index (χ1n) is 8.18. The van der Waals surface area contributed by atoms with Gasteiger partial charge in [-0.2, -0.15) is 0 Å². The second kappa shape index (κ2) is 5.48. The van der Waals surface area contributed by atoms with Crippen molar-refractivity contribution in [2.75, 3.05) is 0 Å². The highest BCUT2D eigenvalue weighted by Gasteiger charge is 2.44. The Morgan fingerprint density at radius 1 is 1.22 bits per heavy atom. The zero-order chi connectivity index (χ0) is 16.8. The third-order valence-electron chi connectivity index (χ3n) is 4.42. The Balaban J connectivity index is 1.84.